The minimum atomic E-state index is -0.134. The highest BCUT2D eigenvalue weighted by atomic mass is 32.2. The average Bonchev–Trinajstić information content (AvgIpc) is 3.25. The Morgan fingerprint density at radius 2 is 1.91 bits per heavy atom. The van der Waals surface area contributed by atoms with E-state index in [1.165, 1.54) is 24.6 Å². The van der Waals surface area contributed by atoms with E-state index in [1.54, 1.807) is 4.57 Å². The van der Waals surface area contributed by atoms with Crippen molar-refractivity contribution in [2.45, 2.75) is 57.7 Å². The lowest BCUT2D eigenvalue weighted by molar-refractivity contribution is -0.119. The summed E-state index contributed by atoms with van der Waals surface area (Å²) in [5, 5.41) is 13.2. The maximum absolute atomic E-state index is 13.5. The lowest BCUT2D eigenvalue weighted by Crippen LogP contribution is -2.41. The summed E-state index contributed by atoms with van der Waals surface area (Å²) in [6.07, 6.45) is 4.61. The number of nitrogens with zero attached hydrogens (tertiary/aromatic N) is 4. The predicted molar refractivity (Wildman–Crippen MR) is 136 cm³/mol. The van der Waals surface area contributed by atoms with Gasteiger partial charge >= 0.3 is 0 Å². The zero-order chi connectivity index (χ0) is 23.8. The van der Waals surface area contributed by atoms with E-state index in [0.29, 0.717) is 22.2 Å². The van der Waals surface area contributed by atoms with E-state index in [1.807, 2.05) is 60.7 Å². The van der Waals surface area contributed by atoms with Crippen LogP contribution < -0.4 is 10.9 Å². The van der Waals surface area contributed by atoms with Gasteiger partial charge in [-0.2, -0.15) is 0 Å². The molecule has 0 spiro atoms. The normalized spacial score (nSPS) is 18.4. The Bertz CT molecular complexity index is 1440. The third kappa shape index (κ3) is 4.11. The van der Waals surface area contributed by atoms with E-state index in [4.69, 9.17) is 0 Å². The molecule has 1 fully saturated rings. The van der Waals surface area contributed by atoms with Gasteiger partial charge in [0.1, 0.15) is 0 Å². The highest BCUT2D eigenvalue weighted by molar-refractivity contribution is 7.99. The third-order valence-electron chi connectivity index (χ3n) is 6.79. The molecule has 1 N–H and O–H groups in total. The van der Waals surface area contributed by atoms with Gasteiger partial charge in [0.15, 0.2) is 5.16 Å². The molecule has 2 unspecified atom stereocenters. The largest absolute Gasteiger partial charge is 0.352 e. The minimum Gasteiger partial charge on any atom is -0.352 e. The van der Waals surface area contributed by atoms with Gasteiger partial charge in [-0.1, -0.05) is 55.8 Å². The number of aromatic nitrogens is 4. The van der Waals surface area contributed by atoms with Crippen LogP contribution in [0.1, 0.15) is 43.7 Å². The number of thioether (sulfide) groups is 1. The molecule has 2 heterocycles. The van der Waals surface area contributed by atoms with Crippen LogP contribution in [0.5, 0.6) is 0 Å². The molecule has 2 aromatic carbocycles. The minimum absolute atomic E-state index is 0.00709. The summed E-state index contributed by atoms with van der Waals surface area (Å²) in [6, 6.07) is 13.7. The number of fused-ring (bicyclic) bond motifs is 3. The molecule has 0 radical (unpaired) electrons. The first-order valence-corrected chi connectivity index (χ1v) is 12.8. The summed E-state index contributed by atoms with van der Waals surface area (Å²) >= 11 is 1.35. The Labute approximate surface area is 202 Å². The van der Waals surface area contributed by atoms with Crippen molar-refractivity contribution in [2.75, 3.05) is 5.75 Å². The van der Waals surface area contributed by atoms with Gasteiger partial charge in [0.05, 0.1) is 22.3 Å². The number of aryl methyl sites for hydroxylation is 2. The second-order valence-electron chi connectivity index (χ2n) is 9.29. The Kier molecular flexibility index (Phi) is 6.16. The van der Waals surface area contributed by atoms with Crippen molar-refractivity contribution >= 4 is 34.3 Å². The fraction of sp³-hybridized carbons (Fsp3) is 0.385. The van der Waals surface area contributed by atoms with Crippen LogP contribution in [0.15, 0.2) is 52.4 Å². The van der Waals surface area contributed by atoms with Gasteiger partial charge in [-0.25, -0.2) is 4.57 Å². The monoisotopic (exact) mass is 475 g/mol. The van der Waals surface area contributed by atoms with Crippen LogP contribution in [-0.2, 0) is 4.79 Å². The van der Waals surface area contributed by atoms with Crippen molar-refractivity contribution in [1.82, 2.24) is 24.5 Å². The van der Waals surface area contributed by atoms with Crippen LogP contribution in [0.2, 0.25) is 0 Å². The topological polar surface area (TPSA) is 81.3 Å². The molecule has 1 aliphatic carbocycles. The molecule has 176 valence electrons. The molecule has 5 rings (SSSR count). The summed E-state index contributed by atoms with van der Waals surface area (Å²) in [4.78, 5) is 26.3. The Balaban J connectivity index is 1.54. The number of carbonyl (C=O) groups is 1. The molecule has 1 aliphatic rings. The number of rotatable bonds is 5. The summed E-state index contributed by atoms with van der Waals surface area (Å²) in [5.41, 5.74) is 3.42. The molecule has 7 nitrogen and oxygen atoms in total. The van der Waals surface area contributed by atoms with Gasteiger partial charge in [-0.3, -0.25) is 14.0 Å². The molecule has 1 amide bonds. The number of carbonyl (C=O) groups excluding carboxylic acids is 1. The smallest absolute Gasteiger partial charge is 0.267 e. The number of hydrogen-bond acceptors (Lipinski definition) is 5. The predicted octanol–water partition coefficient (Wildman–Crippen LogP) is 4.44. The number of benzene rings is 2. The average molecular weight is 476 g/mol. The molecule has 0 aliphatic heterocycles. The molecule has 0 saturated heterocycles. The van der Waals surface area contributed by atoms with Crippen LogP contribution in [0.4, 0.5) is 0 Å². The maximum atomic E-state index is 13.5. The first-order chi connectivity index (χ1) is 16.4. The molecule has 34 heavy (non-hydrogen) atoms. The SMILES string of the molecule is Cc1ccc(C)c(-n2c(=O)c3ccccc3n3c(SCC(=O)NC4CCCCC4C)nnc23)c1. The van der Waals surface area contributed by atoms with Crippen molar-refractivity contribution in [1.29, 1.82) is 0 Å². The van der Waals surface area contributed by atoms with Gasteiger partial charge in [0, 0.05) is 6.04 Å². The lowest BCUT2D eigenvalue weighted by atomic mass is 9.86. The first-order valence-electron chi connectivity index (χ1n) is 11.8. The fourth-order valence-corrected chi connectivity index (χ4v) is 5.61. The second kappa shape index (κ2) is 9.25. The lowest BCUT2D eigenvalue weighted by Gasteiger charge is -2.29. The van der Waals surface area contributed by atoms with Gasteiger partial charge in [0.25, 0.3) is 5.56 Å². The molecule has 0 bridgehead atoms. The van der Waals surface area contributed by atoms with Crippen LogP contribution in [0.3, 0.4) is 0 Å². The number of hydrogen-bond donors (Lipinski definition) is 1. The zero-order valence-electron chi connectivity index (χ0n) is 19.7. The van der Waals surface area contributed by atoms with Crippen molar-refractivity contribution < 1.29 is 4.79 Å². The fourth-order valence-electron chi connectivity index (χ4n) is 4.86. The van der Waals surface area contributed by atoms with E-state index in [-0.39, 0.29) is 23.3 Å². The first kappa shape index (κ1) is 22.7. The van der Waals surface area contributed by atoms with Crippen LogP contribution in [-0.4, -0.2) is 36.9 Å². The van der Waals surface area contributed by atoms with E-state index < -0.39 is 0 Å². The van der Waals surface area contributed by atoms with E-state index in [0.717, 1.165) is 35.2 Å². The van der Waals surface area contributed by atoms with Crippen molar-refractivity contribution in [3.8, 4) is 5.69 Å². The highest BCUT2D eigenvalue weighted by Gasteiger charge is 2.24. The van der Waals surface area contributed by atoms with Gasteiger partial charge in [0.2, 0.25) is 11.7 Å². The quantitative estimate of drug-likeness (QED) is 0.432. The van der Waals surface area contributed by atoms with Crippen molar-refractivity contribution in [2.24, 2.45) is 5.92 Å². The van der Waals surface area contributed by atoms with E-state index in [9.17, 15) is 9.59 Å². The number of para-hydroxylation sites is 1. The summed E-state index contributed by atoms with van der Waals surface area (Å²) < 4.78 is 3.52. The molecular formula is C26H29N5O2S. The molecule has 4 aromatic rings. The van der Waals surface area contributed by atoms with Crippen LogP contribution >= 0.6 is 11.8 Å². The number of nitrogens with one attached hydrogen (secondary N) is 1. The summed E-state index contributed by atoms with van der Waals surface area (Å²) in [7, 11) is 0. The standard InChI is InChI=1S/C26H29N5O2S/c1-16-12-13-18(3)22(14-16)30-24(33)19-9-5-7-11-21(19)31-25(30)28-29-26(31)34-15-23(32)27-20-10-6-4-8-17(20)2/h5,7,9,11-14,17,20H,4,6,8,10,15H2,1-3H3,(H,27,32). The molecule has 2 atom stereocenters. The molecule has 1 saturated carbocycles. The van der Waals surface area contributed by atoms with Gasteiger partial charge < -0.3 is 5.32 Å². The summed E-state index contributed by atoms with van der Waals surface area (Å²) in [6.45, 7) is 6.20. The van der Waals surface area contributed by atoms with Gasteiger partial charge in [-0.05, 0) is 61.9 Å². The second-order valence-corrected chi connectivity index (χ2v) is 10.2. The highest BCUT2D eigenvalue weighted by Crippen LogP contribution is 2.26. The van der Waals surface area contributed by atoms with E-state index in [2.05, 4.69) is 22.4 Å². The summed E-state index contributed by atoms with van der Waals surface area (Å²) in [5.74, 6) is 1.21. The van der Waals surface area contributed by atoms with Gasteiger partial charge in [-0.15, -0.1) is 10.2 Å². The molecule has 2 aromatic heterocycles. The van der Waals surface area contributed by atoms with E-state index >= 15 is 0 Å². The Morgan fingerprint density at radius 3 is 2.74 bits per heavy atom. The Morgan fingerprint density at radius 1 is 1.12 bits per heavy atom. The molecular weight excluding hydrogens is 446 g/mol. The maximum Gasteiger partial charge on any atom is 0.267 e. The third-order valence-corrected chi connectivity index (χ3v) is 7.72. The van der Waals surface area contributed by atoms with Crippen LogP contribution in [0.25, 0.3) is 22.4 Å². The van der Waals surface area contributed by atoms with Crippen molar-refractivity contribution in [3.05, 3.63) is 63.9 Å². The number of amides is 1. The Hall–Kier alpha value is -3.13. The van der Waals surface area contributed by atoms with Crippen molar-refractivity contribution in [3.63, 3.8) is 0 Å². The van der Waals surface area contributed by atoms with Crippen LogP contribution in [0, 0.1) is 19.8 Å². The molecule has 8 heteroatoms. The zero-order valence-corrected chi connectivity index (χ0v) is 20.6.